The van der Waals surface area contributed by atoms with E-state index in [-0.39, 0.29) is 18.0 Å². The Morgan fingerprint density at radius 3 is 2.72 bits per heavy atom. The Morgan fingerprint density at radius 1 is 1.14 bits per heavy atom. The molecular formula is C21H16ClF2N3O2. The number of nitrogens with one attached hydrogen (secondary N) is 2. The Bertz CT molecular complexity index is 1170. The van der Waals surface area contributed by atoms with Gasteiger partial charge in [0.2, 0.25) is 0 Å². The lowest BCUT2D eigenvalue weighted by Gasteiger charge is -2.02. The molecule has 2 N–H and O–H groups in total. The zero-order valence-corrected chi connectivity index (χ0v) is 15.9. The number of hydrogen-bond donors (Lipinski definition) is 2. The van der Waals surface area contributed by atoms with Crippen LogP contribution in [0, 0.1) is 11.6 Å². The van der Waals surface area contributed by atoms with E-state index >= 15 is 0 Å². The second kappa shape index (κ2) is 8.05. The molecule has 2 heterocycles. The summed E-state index contributed by atoms with van der Waals surface area (Å²) in [5, 5.41) is 8.18. The minimum atomic E-state index is -0.670. The maximum atomic E-state index is 13.3. The molecule has 0 spiro atoms. The van der Waals surface area contributed by atoms with E-state index in [1.54, 1.807) is 0 Å². The fourth-order valence-corrected chi connectivity index (χ4v) is 3.35. The van der Waals surface area contributed by atoms with Crippen molar-refractivity contribution >= 4 is 28.4 Å². The van der Waals surface area contributed by atoms with Crippen LogP contribution in [0.5, 0.6) is 0 Å². The Hall–Kier alpha value is -3.19. The molecule has 0 fully saturated rings. The van der Waals surface area contributed by atoms with Gasteiger partial charge in [-0.05, 0) is 47.9 Å². The van der Waals surface area contributed by atoms with Gasteiger partial charge in [-0.15, -0.1) is 0 Å². The number of aromatic nitrogens is 2. The van der Waals surface area contributed by atoms with Crippen molar-refractivity contribution in [2.24, 2.45) is 0 Å². The normalized spacial score (nSPS) is 11.1. The summed E-state index contributed by atoms with van der Waals surface area (Å²) >= 11 is 6.05. The van der Waals surface area contributed by atoms with Crippen LogP contribution in [0.25, 0.3) is 10.9 Å². The molecule has 5 nitrogen and oxygen atoms in total. The van der Waals surface area contributed by atoms with Crippen LogP contribution in [0.4, 0.5) is 8.78 Å². The number of carbonyl (C=O) groups excluding carboxylic acids is 1. The van der Waals surface area contributed by atoms with Crippen LogP contribution < -0.4 is 5.32 Å². The molecule has 2 aromatic carbocycles. The van der Waals surface area contributed by atoms with Crippen molar-refractivity contribution in [2.45, 2.75) is 12.8 Å². The van der Waals surface area contributed by atoms with Crippen LogP contribution in [-0.4, -0.2) is 22.6 Å². The number of rotatable bonds is 6. The summed E-state index contributed by atoms with van der Waals surface area (Å²) in [6.07, 6.45) is 2.63. The van der Waals surface area contributed by atoms with Gasteiger partial charge in [0.05, 0.1) is 0 Å². The molecule has 0 saturated heterocycles. The number of amides is 1. The van der Waals surface area contributed by atoms with Gasteiger partial charge in [0.1, 0.15) is 17.4 Å². The maximum Gasteiger partial charge on any atom is 0.273 e. The molecule has 0 bridgehead atoms. The van der Waals surface area contributed by atoms with Gasteiger partial charge < -0.3 is 14.8 Å². The van der Waals surface area contributed by atoms with Crippen LogP contribution in [0.15, 0.2) is 53.2 Å². The molecule has 0 aliphatic rings. The lowest BCUT2D eigenvalue weighted by Crippen LogP contribution is -2.25. The molecule has 148 valence electrons. The fourth-order valence-electron chi connectivity index (χ4n) is 3.18. The summed E-state index contributed by atoms with van der Waals surface area (Å²) in [6.45, 7) is 0.398. The lowest BCUT2D eigenvalue weighted by atomic mass is 10.1. The Morgan fingerprint density at radius 2 is 1.93 bits per heavy atom. The summed E-state index contributed by atoms with van der Waals surface area (Å²) < 4.78 is 31.7. The van der Waals surface area contributed by atoms with Crippen molar-refractivity contribution in [3.8, 4) is 0 Å². The average Bonchev–Trinajstić information content (AvgIpc) is 3.28. The molecule has 4 rings (SSSR count). The second-order valence-electron chi connectivity index (χ2n) is 6.64. The number of halogens is 3. The number of nitrogens with zero attached hydrogens (tertiary/aromatic N) is 1. The number of hydrogen-bond acceptors (Lipinski definition) is 3. The van der Waals surface area contributed by atoms with E-state index in [9.17, 15) is 13.6 Å². The van der Waals surface area contributed by atoms with Crippen LogP contribution >= 0.6 is 11.6 Å². The predicted octanol–water partition coefficient (Wildman–Crippen LogP) is 4.65. The van der Waals surface area contributed by atoms with E-state index < -0.39 is 11.6 Å². The average molecular weight is 416 g/mol. The highest BCUT2D eigenvalue weighted by Gasteiger charge is 2.14. The lowest BCUT2D eigenvalue weighted by molar-refractivity contribution is 0.0945. The molecular weight excluding hydrogens is 400 g/mol. The SMILES string of the molecule is O=C(NCCc1c[nH]c2ccc(Cl)cc12)c1cc(Cc2cc(F)cc(F)c2)on1. The van der Waals surface area contributed by atoms with E-state index in [0.29, 0.717) is 29.3 Å². The van der Waals surface area contributed by atoms with Crippen LogP contribution in [-0.2, 0) is 12.8 Å². The molecule has 1 amide bonds. The molecule has 29 heavy (non-hydrogen) atoms. The first-order valence-corrected chi connectivity index (χ1v) is 9.30. The minimum Gasteiger partial charge on any atom is -0.361 e. The summed E-state index contributed by atoms with van der Waals surface area (Å²) in [5.74, 6) is -1.39. The smallest absolute Gasteiger partial charge is 0.273 e. The third kappa shape index (κ3) is 4.46. The van der Waals surface area contributed by atoms with Gasteiger partial charge in [0, 0.05) is 47.2 Å². The van der Waals surface area contributed by atoms with Crippen molar-refractivity contribution in [3.05, 3.63) is 87.9 Å². The summed E-state index contributed by atoms with van der Waals surface area (Å²) in [4.78, 5) is 15.4. The van der Waals surface area contributed by atoms with E-state index in [0.717, 1.165) is 22.5 Å². The number of carbonyl (C=O) groups is 1. The highest BCUT2D eigenvalue weighted by Crippen LogP contribution is 2.22. The zero-order valence-electron chi connectivity index (χ0n) is 15.1. The van der Waals surface area contributed by atoms with Gasteiger partial charge in [-0.2, -0.15) is 0 Å². The van der Waals surface area contributed by atoms with Crippen molar-refractivity contribution in [1.82, 2.24) is 15.5 Å². The second-order valence-corrected chi connectivity index (χ2v) is 7.08. The molecule has 0 aliphatic heterocycles. The van der Waals surface area contributed by atoms with Crippen LogP contribution in [0.3, 0.4) is 0 Å². The van der Waals surface area contributed by atoms with Gasteiger partial charge in [0.25, 0.3) is 5.91 Å². The molecule has 2 aromatic heterocycles. The van der Waals surface area contributed by atoms with Crippen LogP contribution in [0.1, 0.15) is 27.4 Å². The van der Waals surface area contributed by atoms with Gasteiger partial charge in [-0.25, -0.2) is 8.78 Å². The molecule has 4 aromatic rings. The monoisotopic (exact) mass is 415 g/mol. The number of aromatic amines is 1. The van der Waals surface area contributed by atoms with E-state index in [1.165, 1.54) is 18.2 Å². The largest absolute Gasteiger partial charge is 0.361 e. The number of H-pyrrole nitrogens is 1. The highest BCUT2D eigenvalue weighted by molar-refractivity contribution is 6.31. The molecule has 0 atom stereocenters. The van der Waals surface area contributed by atoms with E-state index in [1.807, 2.05) is 24.4 Å². The predicted molar refractivity (Wildman–Crippen MR) is 105 cm³/mol. The third-order valence-corrected chi connectivity index (χ3v) is 4.74. The standard InChI is InChI=1S/C21H16ClF2N3O2/c22-14-1-2-19-18(8-14)13(11-26-19)3-4-25-21(28)20-10-17(29-27-20)7-12-5-15(23)9-16(24)6-12/h1-2,5-6,8-11,26H,3-4,7H2,(H,25,28). The number of benzene rings is 2. The first kappa shape index (κ1) is 19.1. The highest BCUT2D eigenvalue weighted by atomic mass is 35.5. The zero-order chi connectivity index (χ0) is 20.4. The van der Waals surface area contributed by atoms with Crippen molar-refractivity contribution in [3.63, 3.8) is 0 Å². The summed E-state index contributed by atoms with van der Waals surface area (Å²) in [6, 6.07) is 10.3. The van der Waals surface area contributed by atoms with E-state index in [2.05, 4.69) is 15.5 Å². The molecule has 0 radical (unpaired) electrons. The fraction of sp³-hybridized carbons (Fsp3) is 0.143. The quantitative estimate of drug-likeness (QED) is 0.481. The van der Waals surface area contributed by atoms with Gasteiger partial charge in [-0.3, -0.25) is 4.79 Å². The van der Waals surface area contributed by atoms with Gasteiger partial charge in [-0.1, -0.05) is 16.8 Å². The van der Waals surface area contributed by atoms with Crippen LogP contribution in [0.2, 0.25) is 5.02 Å². The maximum absolute atomic E-state index is 13.3. The Kier molecular flexibility index (Phi) is 5.31. The Labute approximate surface area is 169 Å². The first-order valence-electron chi connectivity index (χ1n) is 8.92. The summed E-state index contributed by atoms with van der Waals surface area (Å²) in [5.41, 5.74) is 2.52. The van der Waals surface area contributed by atoms with Crippen molar-refractivity contribution in [2.75, 3.05) is 6.54 Å². The first-order chi connectivity index (χ1) is 14.0. The third-order valence-electron chi connectivity index (χ3n) is 4.50. The van der Waals surface area contributed by atoms with Gasteiger partial charge >= 0.3 is 0 Å². The van der Waals surface area contributed by atoms with Crippen molar-refractivity contribution < 1.29 is 18.1 Å². The Balaban J connectivity index is 1.36. The van der Waals surface area contributed by atoms with Gasteiger partial charge in [0.15, 0.2) is 5.69 Å². The number of fused-ring (bicyclic) bond motifs is 1. The molecule has 0 unspecified atom stereocenters. The molecule has 0 saturated carbocycles. The topological polar surface area (TPSA) is 70.9 Å². The molecule has 8 heteroatoms. The van der Waals surface area contributed by atoms with Crippen molar-refractivity contribution in [1.29, 1.82) is 0 Å². The minimum absolute atomic E-state index is 0.110. The molecule has 0 aliphatic carbocycles. The van der Waals surface area contributed by atoms with E-state index in [4.69, 9.17) is 16.1 Å². The summed E-state index contributed by atoms with van der Waals surface area (Å²) in [7, 11) is 0.